The SMILES string of the molecule is CCN(C)OCC(F)(F)F. The van der Waals surface area contributed by atoms with E-state index < -0.39 is 12.8 Å². The second kappa shape index (κ2) is 3.78. The van der Waals surface area contributed by atoms with Crippen LogP contribution in [0.2, 0.25) is 0 Å². The van der Waals surface area contributed by atoms with Gasteiger partial charge in [-0.15, -0.1) is 0 Å². The van der Waals surface area contributed by atoms with Crippen molar-refractivity contribution in [1.29, 1.82) is 0 Å². The first-order valence-electron chi connectivity index (χ1n) is 2.86. The van der Waals surface area contributed by atoms with Crippen molar-refractivity contribution in [3.05, 3.63) is 0 Å². The van der Waals surface area contributed by atoms with E-state index >= 15 is 0 Å². The number of alkyl halides is 3. The van der Waals surface area contributed by atoms with Crippen molar-refractivity contribution >= 4 is 0 Å². The van der Waals surface area contributed by atoms with E-state index in [0.717, 1.165) is 5.06 Å². The van der Waals surface area contributed by atoms with Gasteiger partial charge in [0.1, 0.15) is 0 Å². The lowest BCUT2D eigenvalue weighted by Crippen LogP contribution is -2.26. The molecule has 0 aliphatic rings. The molecule has 0 aromatic carbocycles. The second-order valence-corrected chi connectivity index (χ2v) is 1.83. The second-order valence-electron chi connectivity index (χ2n) is 1.83. The molecule has 0 unspecified atom stereocenters. The minimum Gasteiger partial charge on any atom is -0.290 e. The number of halogens is 3. The Balaban J connectivity index is 3.36. The van der Waals surface area contributed by atoms with Crippen molar-refractivity contribution < 1.29 is 18.0 Å². The zero-order chi connectivity index (χ0) is 8.20. The third-order valence-corrected chi connectivity index (χ3v) is 0.894. The lowest BCUT2D eigenvalue weighted by molar-refractivity contribution is -0.242. The normalized spacial score (nSPS) is 12.6. The van der Waals surface area contributed by atoms with Gasteiger partial charge in [0.15, 0.2) is 6.61 Å². The Morgan fingerprint density at radius 2 is 1.90 bits per heavy atom. The van der Waals surface area contributed by atoms with Gasteiger partial charge >= 0.3 is 6.18 Å². The van der Waals surface area contributed by atoms with E-state index in [4.69, 9.17) is 0 Å². The van der Waals surface area contributed by atoms with Crippen LogP contribution in [0.15, 0.2) is 0 Å². The molecular weight excluding hydrogens is 147 g/mol. The topological polar surface area (TPSA) is 12.5 Å². The molecule has 62 valence electrons. The van der Waals surface area contributed by atoms with E-state index in [2.05, 4.69) is 4.84 Å². The maximum atomic E-state index is 11.4. The lowest BCUT2D eigenvalue weighted by Gasteiger charge is -2.14. The monoisotopic (exact) mass is 157 g/mol. The molecule has 0 spiro atoms. The van der Waals surface area contributed by atoms with E-state index in [1.165, 1.54) is 7.05 Å². The van der Waals surface area contributed by atoms with E-state index in [9.17, 15) is 13.2 Å². The average molecular weight is 157 g/mol. The zero-order valence-corrected chi connectivity index (χ0v) is 5.90. The summed E-state index contributed by atoms with van der Waals surface area (Å²) in [5, 5.41) is 1.13. The molecule has 5 heteroatoms. The summed E-state index contributed by atoms with van der Waals surface area (Å²) in [6, 6.07) is 0. The summed E-state index contributed by atoms with van der Waals surface area (Å²) in [6.45, 7) is 0.934. The van der Waals surface area contributed by atoms with Gasteiger partial charge in [0.25, 0.3) is 0 Å². The van der Waals surface area contributed by atoms with Gasteiger partial charge in [0.2, 0.25) is 0 Å². The molecule has 0 aliphatic carbocycles. The molecule has 0 aromatic rings. The summed E-state index contributed by atoms with van der Waals surface area (Å²) in [5.74, 6) is 0. The Morgan fingerprint density at radius 1 is 1.40 bits per heavy atom. The molecule has 0 fully saturated rings. The first kappa shape index (κ1) is 9.71. The molecule has 0 aromatic heterocycles. The van der Waals surface area contributed by atoms with Crippen LogP contribution < -0.4 is 0 Å². The summed E-state index contributed by atoms with van der Waals surface area (Å²) in [5.41, 5.74) is 0. The summed E-state index contributed by atoms with van der Waals surface area (Å²) in [7, 11) is 1.45. The Hall–Kier alpha value is -0.290. The van der Waals surface area contributed by atoms with E-state index in [1.807, 2.05) is 0 Å². The Bertz CT molecular complexity index is 93.4. The molecule has 0 N–H and O–H groups in total. The molecular formula is C5H10F3NO. The lowest BCUT2D eigenvalue weighted by atomic mass is 10.7. The standard InChI is InChI=1S/C5H10F3NO/c1-3-9(2)10-4-5(6,7)8/h3-4H2,1-2H3. The predicted octanol–water partition coefficient (Wildman–Crippen LogP) is 1.43. The molecule has 2 nitrogen and oxygen atoms in total. The van der Waals surface area contributed by atoms with Gasteiger partial charge in [-0.2, -0.15) is 18.2 Å². The van der Waals surface area contributed by atoms with Gasteiger partial charge in [0, 0.05) is 13.6 Å². The largest absolute Gasteiger partial charge is 0.413 e. The number of hydroxylamine groups is 2. The van der Waals surface area contributed by atoms with Crippen LogP contribution in [0.3, 0.4) is 0 Å². The van der Waals surface area contributed by atoms with Crippen LogP contribution in [-0.4, -0.2) is 31.4 Å². The molecule has 0 heterocycles. The van der Waals surface area contributed by atoms with Crippen molar-refractivity contribution in [3.63, 3.8) is 0 Å². The third-order valence-electron chi connectivity index (χ3n) is 0.894. The highest BCUT2D eigenvalue weighted by atomic mass is 19.4. The molecule has 0 atom stereocenters. The molecule has 0 saturated heterocycles. The number of rotatable bonds is 3. The van der Waals surface area contributed by atoms with E-state index in [0.29, 0.717) is 6.54 Å². The highest BCUT2D eigenvalue weighted by molar-refractivity contribution is 4.43. The van der Waals surface area contributed by atoms with Gasteiger partial charge in [0.05, 0.1) is 0 Å². The van der Waals surface area contributed by atoms with Gasteiger partial charge in [-0.25, -0.2) is 0 Å². The van der Waals surface area contributed by atoms with E-state index in [-0.39, 0.29) is 0 Å². The fourth-order valence-electron chi connectivity index (χ4n) is 0.275. The highest BCUT2D eigenvalue weighted by Gasteiger charge is 2.28. The Labute approximate surface area is 57.5 Å². The molecule has 0 aliphatic heterocycles. The van der Waals surface area contributed by atoms with Gasteiger partial charge in [-0.3, -0.25) is 4.84 Å². The van der Waals surface area contributed by atoms with Crippen LogP contribution in [0, 0.1) is 0 Å². The number of nitrogens with zero attached hydrogens (tertiary/aromatic N) is 1. The minimum absolute atomic E-state index is 0.441. The van der Waals surface area contributed by atoms with Crippen LogP contribution >= 0.6 is 0 Å². The van der Waals surface area contributed by atoms with Gasteiger partial charge in [-0.05, 0) is 0 Å². The molecule has 0 radical (unpaired) electrons. The Kier molecular flexibility index (Phi) is 3.67. The minimum atomic E-state index is -4.23. The molecule has 10 heavy (non-hydrogen) atoms. The van der Waals surface area contributed by atoms with Crippen LogP contribution in [0.5, 0.6) is 0 Å². The molecule has 0 rings (SSSR count). The summed E-state index contributed by atoms with van der Waals surface area (Å²) < 4.78 is 34.2. The zero-order valence-electron chi connectivity index (χ0n) is 5.90. The van der Waals surface area contributed by atoms with Crippen molar-refractivity contribution in [2.24, 2.45) is 0 Å². The van der Waals surface area contributed by atoms with Crippen LogP contribution in [-0.2, 0) is 4.84 Å². The van der Waals surface area contributed by atoms with Crippen molar-refractivity contribution in [2.45, 2.75) is 13.1 Å². The smallest absolute Gasteiger partial charge is 0.290 e. The molecule has 0 saturated carbocycles. The van der Waals surface area contributed by atoms with Gasteiger partial charge < -0.3 is 0 Å². The first-order chi connectivity index (χ1) is 4.45. The summed E-state index contributed by atoms with van der Waals surface area (Å²) >= 11 is 0. The van der Waals surface area contributed by atoms with Crippen molar-refractivity contribution in [2.75, 3.05) is 20.2 Å². The van der Waals surface area contributed by atoms with Crippen LogP contribution in [0.4, 0.5) is 13.2 Å². The average Bonchev–Trinajstić information content (AvgIpc) is 1.81. The predicted molar refractivity (Wildman–Crippen MR) is 30.3 cm³/mol. The fourth-order valence-corrected chi connectivity index (χ4v) is 0.275. The summed E-state index contributed by atoms with van der Waals surface area (Å²) in [4.78, 5) is 4.26. The third kappa shape index (κ3) is 5.84. The van der Waals surface area contributed by atoms with Crippen molar-refractivity contribution in [3.8, 4) is 0 Å². The quantitative estimate of drug-likeness (QED) is 0.574. The first-order valence-corrected chi connectivity index (χ1v) is 2.86. The maximum absolute atomic E-state index is 11.4. The van der Waals surface area contributed by atoms with E-state index in [1.54, 1.807) is 6.92 Å². The number of hydrogen-bond donors (Lipinski definition) is 0. The number of hydrogen-bond acceptors (Lipinski definition) is 2. The molecule has 0 bridgehead atoms. The Morgan fingerprint density at radius 3 is 2.20 bits per heavy atom. The molecule has 0 amide bonds. The van der Waals surface area contributed by atoms with Gasteiger partial charge in [-0.1, -0.05) is 6.92 Å². The van der Waals surface area contributed by atoms with Crippen LogP contribution in [0.1, 0.15) is 6.92 Å². The highest BCUT2D eigenvalue weighted by Crippen LogP contribution is 2.14. The summed E-state index contributed by atoms with van der Waals surface area (Å²) in [6.07, 6.45) is -4.23. The van der Waals surface area contributed by atoms with Crippen molar-refractivity contribution in [1.82, 2.24) is 5.06 Å². The van der Waals surface area contributed by atoms with Crippen LogP contribution in [0.25, 0.3) is 0 Å². The fraction of sp³-hybridized carbons (Fsp3) is 1.00. The maximum Gasteiger partial charge on any atom is 0.413 e.